The second-order valence-corrected chi connectivity index (χ2v) is 7.32. The lowest BCUT2D eigenvalue weighted by Crippen LogP contribution is -2.22. The number of carboxylic acid groups (broad SMARTS) is 1. The van der Waals surface area contributed by atoms with Crippen LogP contribution in [0.15, 0.2) is 45.9 Å². The number of carboxylic acids is 1. The predicted octanol–water partition coefficient (Wildman–Crippen LogP) is 1.36. The van der Waals surface area contributed by atoms with Crippen LogP contribution in [0.2, 0.25) is 0 Å². The summed E-state index contributed by atoms with van der Waals surface area (Å²) in [5.74, 6) is -0.913. The Morgan fingerprint density at radius 2 is 1.85 bits per heavy atom. The number of aliphatic carboxylic acids is 1. The molecule has 0 aliphatic heterocycles. The molecule has 1 amide bonds. The number of sulfonamides is 1. The lowest BCUT2D eigenvalue weighted by molar-refractivity contribution is -0.137. The summed E-state index contributed by atoms with van der Waals surface area (Å²) in [6.45, 7) is 0.520. The van der Waals surface area contributed by atoms with Gasteiger partial charge in [0.2, 0.25) is 5.09 Å². The zero-order chi connectivity index (χ0) is 19.9. The van der Waals surface area contributed by atoms with Gasteiger partial charge in [0.1, 0.15) is 5.75 Å². The van der Waals surface area contributed by atoms with Crippen molar-refractivity contribution in [1.82, 2.24) is 10.0 Å². The van der Waals surface area contributed by atoms with Crippen molar-refractivity contribution in [2.24, 2.45) is 0 Å². The number of hydrogen-bond acceptors (Lipinski definition) is 6. The standard InChI is InChI=1S/C17H20N2O7S/c1-18-27(23,24)16-9-8-14(26-16)17(22)19-11-12-4-6-13(7-5-12)25-10-2-3-15(20)21/h4-9,18H,2-3,10-11H2,1H3,(H,19,22)(H,20,21). The van der Waals surface area contributed by atoms with E-state index in [9.17, 15) is 18.0 Å². The highest BCUT2D eigenvalue weighted by atomic mass is 32.2. The molecule has 10 heteroatoms. The average molecular weight is 396 g/mol. The zero-order valence-electron chi connectivity index (χ0n) is 14.6. The lowest BCUT2D eigenvalue weighted by atomic mass is 10.2. The number of hydrogen-bond donors (Lipinski definition) is 3. The van der Waals surface area contributed by atoms with Gasteiger partial charge in [0.15, 0.2) is 5.76 Å². The van der Waals surface area contributed by atoms with Crippen LogP contribution in [0.1, 0.15) is 29.0 Å². The molecule has 0 bridgehead atoms. The lowest BCUT2D eigenvalue weighted by Gasteiger charge is -2.07. The fourth-order valence-corrected chi connectivity index (χ4v) is 2.72. The van der Waals surface area contributed by atoms with Gasteiger partial charge in [0.25, 0.3) is 15.9 Å². The van der Waals surface area contributed by atoms with Crippen LogP contribution in [0.4, 0.5) is 0 Å². The SMILES string of the molecule is CNS(=O)(=O)c1ccc(C(=O)NCc2ccc(OCCCC(=O)O)cc2)o1. The Morgan fingerprint density at radius 1 is 1.15 bits per heavy atom. The van der Waals surface area contributed by atoms with E-state index in [4.69, 9.17) is 14.3 Å². The molecule has 1 heterocycles. The number of carbonyl (C=O) groups is 2. The van der Waals surface area contributed by atoms with Crippen LogP contribution in [0.25, 0.3) is 0 Å². The fraction of sp³-hybridized carbons (Fsp3) is 0.294. The van der Waals surface area contributed by atoms with Gasteiger partial charge in [0, 0.05) is 13.0 Å². The van der Waals surface area contributed by atoms with Crippen molar-refractivity contribution in [1.29, 1.82) is 0 Å². The normalized spacial score (nSPS) is 11.1. The number of ether oxygens (including phenoxy) is 1. The van der Waals surface area contributed by atoms with E-state index in [0.717, 1.165) is 5.56 Å². The topological polar surface area (TPSA) is 135 Å². The highest BCUT2D eigenvalue weighted by molar-refractivity contribution is 7.89. The van der Waals surface area contributed by atoms with E-state index in [1.54, 1.807) is 24.3 Å². The van der Waals surface area contributed by atoms with Crippen molar-refractivity contribution in [2.45, 2.75) is 24.5 Å². The number of carbonyl (C=O) groups excluding carboxylic acids is 1. The third-order valence-electron chi connectivity index (χ3n) is 3.52. The minimum absolute atomic E-state index is 0.0498. The second-order valence-electron chi connectivity index (χ2n) is 5.50. The van der Waals surface area contributed by atoms with E-state index in [1.807, 2.05) is 0 Å². The molecule has 0 atom stereocenters. The highest BCUT2D eigenvalue weighted by Gasteiger charge is 2.19. The molecule has 0 aliphatic rings. The Balaban J connectivity index is 1.84. The maximum Gasteiger partial charge on any atom is 0.303 e. The molecule has 27 heavy (non-hydrogen) atoms. The molecule has 9 nitrogen and oxygen atoms in total. The summed E-state index contributed by atoms with van der Waals surface area (Å²) in [5, 5.41) is 10.9. The van der Waals surface area contributed by atoms with Crippen molar-refractivity contribution < 1.29 is 32.3 Å². The summed E-state index contributed by atoms with van der Waals surface area (Å²) in [6.07, 6.45) is 0.468. The quantitative estimate of drug-likeness (QED) is 0.516. The fourth-order valence-electron chi connectivity index (χ4n) is 2.07. The van der Waals surface area contributed by atoms with Gasteiger partial charge in [0.05, 0.1) is 6.61 Å². The van der Waals surface area contributed by atoms with Gasteiger partial charge < -0.3 is 19.6 Å². The van der Waals surface area contributed by atoms with E-state index in [1.165, 1.54) is 19.2 Å². The molecule has 0 spiro atoms. The number of rotatable bonds is 10. The van der Waals surface area contributed by atoms with Crippen LogP contribution in [-0.4, -0.2) is 39.1 Å². The van der Waals surface area contributed by atoms with Gasteiger partial charge in [-0.25, -0.2) is 13.1 Å². The van der Waals surface area contributed by atoms with Crippen molar-refractivity contribution in [3.63, 3.8) is 0 Å². The van der Waals surface area contributed by atoms with Gasteiger partial charge in [-0.15, -0.1) is 0 Å². The van der Waals surface area contributed by atoms with E-state index < -0.39 is 21.9 Å². The third kappa shape index (κ3) is 6.12. The monoisotopic (exact) mass is 396 g/mol. The molecule has 1 aromatic heterocycles. The molecular weight excluding hydrogens is 376 g/mol. The predicted molar refractivity (Wildman–Crippen MR) is 94.9 cm³/mol. The summed E-state index contributed by atoms with van der Waals surface area (Å²) < 4.78 is 35.8. The van der Waals surface area contributed by atoms with Gasteiger partial charge in [-0.3, -0.25) is 9.59 Å². The Kier molecular flexibility index (Phi) is 6.97. The van der Waals surface area contributed by atoms with E-state index >= 15 is 0 Å². The second kappa shape index (κ2) is 9.19. The highest BCUT2D eigenvalue weighted by Crippen LogP contribution is 2.15. The molecule has 2 rings (SSSR count). The minimum Gasteiger partial charge on any atom is -0.494 e. The van der Waals surface area contributed by atoms with Gasteiger partial charge in [-0.05, 0) is 43.3 Å². The Morgan fingerprint density at radius 3 is 2.48 bits per heavy atom. The van der Waals surface area contributed by atoms with Crippen LogP contribution < -0.4 is 14.8 Å². The first-order valence-corrected chi connectivity index (χ1v) is 9.55. The summed E-state index contributed by atoms with van der Waals surface area (Å²) in [7, 11) is -2.49. The van der Waals surface area contributed by atoms with Crippen molar-refractivity contribution in [3.8, 4) is 5.75 Å². The van der Waals surface area contributed by atoms with Gasteiger partial charge in [-0.1, -0.05) is 12.1 Å². The minimum atomic E-state index is -3.74. The molecule has 1 aromatic carbocycles. The molecule has 0 unspecified atom stereocenters. The van der Waals surface area contributed by atoms with Crippen LogP contribution in [0.3, 0.4) is 0 Å². The van der Waals surface area contributed by atoms with Crippen molar-refractivity contribution in [3.05, 3.63) is 47.7 Å². The van der Waals surface area contributed by atoms with Crippen LogP contribution in [-0.2, 0) is 21.4 Å². The molecule has 0 radical (unpaired) electrons. The van der Waals surface area contributed by atoms with E-state index in [0.29, 0.717) is 18.8 Å². The molecule has 0 fully saturated rings. The van der Waals surface area contributed by atoms with Crippen molar-refractivity contribution >= 4 is 21.9 Å². The molecular formula is C17H20N2O7S. The van der Waals surface area contributed by atoms with Crippen LogP contribution in [0.5, 0.6) is 5.75 Å². The summed E-state index contributed by atoms with van der Waals surface area (Å²) in [4.78, 5) is 22.5. The van der Waals surface area contributed by atoms with Crippen molar-refractivity contribution in [2.75, 3.05) is 13.7 Å². The average Bonchev–Trinajstić information content (AvgIpc) is 3.15. The third-order valence-corrected chi connectivity index (χ3v) is 4.81. The smallest absolute Gasteiger partial charge is 0.303 e. The zero-order valence-corrected chi connectivity index (χ0v) is 15.4. The first-order valence-electron chi connectivity index (χ1n) is 8.07. The van der Waals surface area contributed by atoms with Gasteiger partial charge in [-0.2, -0.15) is 0 Å². The maximum atomic E-state index is 12.1. The maximum absolute atomic E-state index is 12.1. The first kappa shape index (κ1) is 20.5. The Labute approximate surface area is 156 Å². The first-order chi connectivity index (χ1) is 12.8. The summed E-state index contributed by atoms with van der Waals surface area (Å²) >= 11 is 0. The number of nitrogens with one attached hydrogen (secondary N) is 2. The van der Waals surface area contributed by atoms with Crippen LogP contribution in [0, 0.1) is 0 Å². The Hall–Kier alpha value is -2.85. The summed E-state index contributed by atoms with van der Waals surface area (Å²) in [5.41, 5.74) is 0.802. The molecule has 0 saturated carbocycles. The van der Waals surface area contributed by atoms with E-state index in [2.05, 4.69) is 10.0 Å². The van der Waals surface area contributed by atoms with Gasteiger partial charge >= 0.3 is 5.97 Å². The summed E-state index contributed by atoms with van der Waals surface area (Å²) in [6, 6.07) is 9.43. The number of benzene rings is 1. The number of amides is 1. The van der Waals surface area contributed by atoms with E-state index in [-0.39, 0.29) is 23.8 Å². The molecule has 146 valence electrons. The van der Waals surface area contributed by atoms with Crippen LogP contribution >= 0.6 is 0 Å². The molecule has 0 saturated heterocycles. The molecule has 0 aliphatic carbocycles. The molecule has 2 aromatic rings. The number of furan rings is 1. The molecule has 3 N–H and O–H groups in total. The Bertz CT molecular complexity index is 888. The largest absolute Gasteiger partial charge is 0.494 e.